The van der Waals surface area contributed by atoms with Crippen molar-refractivity contribution in [3.05, 3.63) is 59.2 Å². The van der Waals surface area contributed by atoms with Crippen LogP contribution in [0.1, 0.15) is 51.8 Å². The highest BCUT2D eigenvalue weighted by molar-refractivity contribution is 6.34. The number of anilines is 1. The van der Waals surface area contributed by atoms with Gasteiger partial charge in [0.05, 0.1) is 23.4 Å². The molecule has 29 heavy (non-hydrogen) atoms. The molecule has 0 atom stereocenters. The Morgan fingerprint density at radius 1 is 1.07 bits per heavy atom. The van der Waals surface area contributed by atoms with Crippen molar-refractivity contribution in [1.29, 1.82) is 0 Å². The summed E-state index contributed by atoms with van der Waals surface area (Å²) in [5.74, 6) is -0.572. The third-order valence-electron chi connectivity index (χ3n) is 4.52. The first-order chi connectivity index (χ1) is 13.3. The van der Waals surface area contributed by atoms with Crippen LogP contribution in [0.5, 0.6) is 5.75 Å². The molecule has 8 heteroatoms. The van der Waals surface area contributed by atoms with Crippen LogP contribution < -0.4 is 20.7 Å². The number of carbonyl (C=O) groups excluding carboxylic acids is 3. The first-order valence-corrected chi connectivity index (χ1v) is 9.05. The van der Waals surface area contributed by atoms with Crippen molar-refractivity contribution >= 4 is 35.8 Å². The maximum atomic E-state index is 12.9. The maximum Gasteiger partial charge on any atom is 0.266 e. The zero-order valence-electron chi connectivity index (χ0n) is 16.5. The molecule has 1 aliphatic heterocycles. The van der Waals surface area contributed by atoms with Crippen LogP contribution in [0.25, 0.3) is 0 Å². The molecule has 0 unspecified atom stereocenters. The van der Waals surface area contributed by atoms with Gasteiger partial charge in [-0.1, -0.05) is 0 Å². The van der Waals surface area contributed by atoms with E-state index in [1.165, 1.54) is 18.2 Å². The predicted molar refractivity (Wildman–Crippen MR) is 113 cm³/mol. The molecule has 1 heterocycles. The van der Waals surface area contributed by atoms with E-state index in [2.05, 4.69) is 5.32 Å². The lowest BCUT2D eigenvalue weighted by Gasteiger charge is -2.24. The van der Waals surface area contributed by atoms with Crippen LogP contribution in [0.3, 0.4) is 0 Å². The quantitative estimate of drug-likeness (QED) is 0.703. The lowest BCUT2D eigenvalue weighted by Crippen LogP contribution is -2.48. The summed E-state index contributed by atoms with van der Waals surface area (Å²) in [6.07, 6.45) is 0. The van der Waals surface area contributed by atoms with Crippen molar-refractivity contribution < 1.29 is 19.1 Å². The molecule has 2 aromatic rings. The van der Waals surface area contributed by atoms with Crippen LogP contribution in [0.2, 0.25) is 0 Å². The topological polar surface area (TPSA) is 102 Å². The average Bonchev–Trinajstić information content (AvgIpc) is 2.92. The van der Waals surface area contributed by atoms with E-state index in [0.29, 0.717) is 23.6 Å². The molecule has 0 saturated heterocycles. The number of halogens is 1. The largest absolute Gasteiger partial charge is 0.494 e. The molecule has 0 aromatic heterocycles. The van der Waals surface area contributed by atoms with E-state index in [9.17, 15) is 14.4 Å². The zero-order valence-corrected chi connectivity index (χ0v) is 17.3. The summed E-state index contributed by atoms with van der Waals surface area (Å²) in [5, 5.41) is 2.81. The summed E-state index contributed by atoms with van der Waals surface area (Å²) in [5.41, 5.74) is 6.29. The third kappa shape index (κ3) is 4.41. The van der Waals surface area contributed by atoms with E-state index in [1.54, 1.807) is 38.1 Å². The number of fused-ring (bicyclic) bond motifs is 1. The minimum atomic E-state index is -0.579. The van der Waals surface area contributed by atoms with Gasteiger partial charge >= 0.3 is 0 Å². The number of nitrogens with one attached hydrogen (secondary N) is 1. The van der Waals surface area contributed by atoms with Gasteiger partial charge in [-0.25, -0.2) is 4.90 Å². The monoisotopic (exact) mass is 417 g/mol. The van der Waals surface area contributed by atoms with Crippen LogP contribution in [0.4, 0.5) is 5.69 Å². The zero-order chi connectivity index (χ0) is 20.5. The Kier molecular flexibility index (Phi) is 6.66. The van der Waals surface area contributed by atoms with Gasteiger partial charge in [0.25, 0.3) is 17.7 Å². The van der Waals surface area contributed by atoms with Gasteiger partial charge in [-0.2, -0.15) is 0 Å². The molecule has 2 aromatic carbocycles. The molecule has 3 amide bonds. The smallest absolute Gasteiger partial charge is 0.266 e. The Morgan fingerprint density at radius 3 is 2.28 bits per heavy atom. The highest BCUT2D eigenvalue weighted by Gasteiger charge is 2.37. The minimum Gasteiger partial charge on any atom is -0.494 e. The molecule has 7 nitrogen and oxygen atoms in total. The lowest BCUT2D eigenvalue weighted by atomic mass is 10.0. The Labute approximate surface area is 175 Å². The van der Waals surface area contributed by atoms with E-state index in [0.717, 1.165) is 4.90 Å². The second-order valence-electron chi connectivity index (χ2n) is 7.18. The number of hydrogen-bond donors (Lipinski definition) is 2. The molecule has 3 rings (SSSR count). The van der Waals surface area contributed by atoms with Crippen molar-refractivity contribution in [3.63, 3.8) is 0 Å². The highest BCUT2D eigenvalue weighted by Crippen LogP contribution is 2.30. The average molecular weight is 418 g/mol. The fourth-order valence-corrected chi connectivity index (χ4v) is 2.91. The first kappa shape index (κ1) is 22.4. The molecular weight excluding hydrogens is 394 g/mol. The van der Waals surface area contributed by atoms with Crippen molar-refractivity contribution in [3.8, 4) is 5.75 Å². The summed E-state index contributed by atoms with van der Waals surface area (Å²) in [7, 11) is 0. The van der Waals surface area contributed by atoms with Gasteiger partial charge in [-0.3, -0.25) is 14.4 Å². The number of ether oxygens (including phenoxy) is 1. The molecule has 1 aliphatic rings. The van der Waals surface area contributed by atoms with Crippen LogP contribution >= 0.6 is 12.4 Å². The first-order valence-electron chi connectivity index (χ1n) is 9.05. The van der Waals surface area contributed by atoms with E-state index < -0.39 is 17.4 Å². The number of rotatable bonds is 6. The number of hydrogen-bond acceptors (Lipinski definition) is 5. The highest BCUT2D eigenvalue weighted by atomic mass is 35.5. The minimum absolute atomic E-state index is 0. The molecule has 0 bridgehead atoms. The fourth-order valence-electron chi connectivity index (χ4n) is 2.91. The van der Waals surface area contributed by atoms with Gasteiger partial charge in [0, 0.05) is 17.6 Å². The number of benzene rings is 2. The molecule has 0 radical (unpaired) electrons. The second kappa shape index (κ2) is 8.63. The van der Waals surface area contributed by atoms with Gasteiger partial charge in [-0.15, -0.1) is 12.4 Å². The summed E-state index contributed by atoms with van der Waals surface area (Å²) in [6.45, 7) is 6.28. The van der Waals surface area contributed by atoms with Crippen LogP contribution in [-0.4, -0.2) is 36.4 Å². The number of nitrogens with zero attached hydrogens (tertiary/aromatic N) is 1. The third-order valence-corrected chi connectivity index (χ3v) is 4.52. The van der Waals surface area contributed by atoms with Crippen molar-refractivity contribution in [2.45, 2.75) is 26.3 Å². The van der Waals surface area contributed by atoms with Crippen molar-refractivity contribution in [1.82, 2.24) is 5.32 Å². The standard InChI is InChI=1S/C21H23N3O4.ClH/c1-4-28-15-8-6-14(7-9-15)24-19(26)16-10-5-13(11-17(16)20(24)27)18(25)23-21(2,3)12-22;/h5-11H,4,12,22H2,1-3H3,(H,23,25);1H. The van der Waals surface area contributed by atoms with Crippen molar-refractivity contribution in [2.75, 3.05) is 18.1 Å². The Hall–Kier alpha value is -2.90. The van der Waals surface area contributed by atoms with Gasteiger partial charge in [0.15, 0.2) is 0 Å². The van der Waals surface area contributed by atoms with Crippen molar-refractivity contribution in [2.24, 2.45) is 5.73 Å². The van der Waals surface area contributed by atoms with E-state index in [4.69, 9.17) is 10.5 Å². The Morgan fingerprint density at radius 2 is 1.69 bits per heavy atom. The molecule has 0 spiro atoms. The molecule has 0 saturated carbocycles. The number of nitrogens with two attached hydrogens (primary N) is 1. The summed E-state index contributed by atoms with van der Waals surface area (Å²) < 4.78 is 5.39. The van der Waals surface area contributed by atoms with Gasteiger partial charge in [0.1, 0.15) is 5.75 Å². The molecule has 0 fully saturated rings. The Balaban J connectivity index is 0.00000300. The van der Waals surface area contributed by atoms with Crippen LogP contribution in [0.15, 0.2) is 42.5 Å². The predicted octanol–water partition coefficient (Wildman–Crippen LogP) is 2.77. The maximum absolute atomic E-state index is 12.9. The number of amides is 3. The van der Waals surface area contributed by atoms with Gasteiger partial charge in [-0.05, 0) is 63.2 Å². The molecule has 3 N–H and O–H groups in total. The SMILES string of the molecule is CCOc1ccc(N2C(=O)c3ccc(C(=O)NC(C)(C)CN)cc3C2=O)cc1.Cl. The van der Waals surface area contributed by atoms with E-state index >= 15 is 0 Å². The molecule has 0 aliphatic carbocycles. The normalized spacial score (nSPS) is 13.0. The van der Waals surface area contributed by atoms with Gasteiger partial charge in [0.2, 0.25) is 0 Å². The van der Waals surface area contributed by atoms with E-state index in [1.807, 2.05) is 6.92 Å². The lowest BCUT2D eigenvalue weighted by molar-refractivity contribution is 0.0910. The number of imide groups is 1. The summed E-state index contributed by atoms with van der Waals surface area (Å²) in [6, 6.07) is 11.2. The molecule has 154 valence electrons. The summed E-state index contributed by atoms with van der Waals surface area (Å²) >= 11 is 0. The molecular formula is C21H24ClN3O4. The summed E-state index contributed by atoms with van der Waals surface area (Å²) in [4.78, 5) is 39.2. The van der Waals surface area contributed by atoms with Gasteiger partial charge < -0.3 is 15.8 Å². The number of carbonyl (C=O) groups is 3. The van der Waals surface area contributed by atoms with E-state index in [-0.39, 0.29) is 36.0 Å². The Bertz CT molecular complexity index is 941. The van der Waals surface area contributed by atoms with Crippen LogP contribution in [-0.2, 0) is 0 Å². The fraction of sp³-hybridized carbons (Fsp3) is 0.286. The van der Waals surface area contributed by atoms with Crippen LogP contribution in [0, 0.1) is 0 Å². The second-order valence-corrected chi connectivity index (χ2v) is 7.18.